The third kappa shape index (κ3) is 4.71. The molecule has 0 bridgehead atoms. The van der Waals surface area contributed by atoms with E-state index >= 15 is 0 Å². The van der Waals surface area contributed by atoms with Gasteiger partial charge in [0.05, 0.1) is 17.5 Å². The van der Waals surface area contributed by atoms with Crippen LogP contribution in [0.5, 0.6) is 0 Å². The molecule has 0 unspecified atom stereocenters. The van der Waals surface area contributed by atoms with Gasteiger partial charge >= 0.3 is 5.69 Å². The van der Waals surface area contributed by atoms with E-state index in [1.165, 1.54) is 6.07 Å². The van der Waals surface area contributed by atoms with Crippen LogP contribution in [0.1, 0.15) is 38.5 Å². The Morgan fingerprint density at radius 2 is 2.07 bits per heavy atom. The molecule has 1 aliphatic heterocycles. The predicted molar refractivity (Wildman–Crippen MR) is 98.9 cm³/mol. The first-order valence-electron chi connectivity index (χ1n) is 9.37. The van der Waals surface area contributed by atoms with Crippen LogP contribution in [0.2, 0.25) is 0 Å². The molecule has 1 amide bonds. The van der Waals surface area contributed by atoms with E-state index in [1.807, 2.05) is 0 Å². The Kier molecular flexibility index (Phi) is 6.19. The van der Waals surface area contributed by atoms with Gasteiger partial charge in [0.25, 0.3) is 0 Å². The molecular weight excluding hydrogens is 348 g/mol. The van der Waals surface area contributed by atoms with Crippen LogP contribution < -0.4 is 10.6 Å². The summed E-state index contributed by atoms with van der Waals surface area (Å²) in [5.74, 6) is 0.300. The number of carbonyl (C=O) groups is 1. The smallest absolute Gasteiger partial charge is 0.311 e. The lowest BCUT2D eigenvalue weighted by Crippen LogP contribution is -2.45. The zero-order valence-corrected chi connectivity index (χ0v) is 15.1. The average molecular weight is 372 g/mol. The van der Waals surface area contributed by atoms with Crippen molar-refractivity contribution in [3.05, 3.63) is 28.4 Å². The molecule has 2 fully saturated rings. The summed E-state index contributed by atoms with van der Waals surface area (Å²) in [6, 6.07) is 5.28. The summed E-state index contributed by atoms with van der Waals surface area (Å²) in [5, 5.41) is 26.7. The second-order valence-corrected chi connectivity index (χ2v) is 7.08. The van der Waals surface area contributed by atoms with Gasteiger partial charge in [0, 0.05) is 30.9 Å². The van der Waals surface area contributed by atoms with Gasteiger partial charge in [0.2, 0.25) is 11.7 Å². The molecule has 1 saturated carbocycles. The Hall–Kier alpha value is -2.73. The molecule has 1 aromatic heterocycles. The van der Waals surface area contributed by atoms with Crippen molar-refractivity contribution in [3.63, 3.8) is 0 Å². The van der Waals surface area contributed by atoms with Crippen LogP contribution in [0.25, 0.3) is 0 Å². The van der Waals surface area contributed by atoms with E-state index in [1.54, 1.807) is 17.2 Å². The minimum atomic E-state index is -0.430. The van der Waals surface area contributed by atoms with Crippen LogP contribution >= 0.6 is 0 Å². The molecule has 0 radical (unpaired) electrons. The Morgan fingerprint density at radius 1 is 1.33 bits per heavy atom. The lowest BCUT2D eigenvalue weighted by Gasteiger charge is -2.30. The molecule has 9 nitrogen and oxygen atoms in total. The second-order valence-electron chi connectivity index (χ2n) is 7.08. The second kappa shape index (κ2) is 8.77. The highest BCUT2D eigenvalue weighted by Gasteiger charge is 2.29. The summed E-state index contributed by atoms with van der Waals surface area (Å²) in [6.07, 6.45) is 6.66. The third-order valence-electron chi connectivity index (χ3n) is 5.32. The standard InChI is InChI=1S/C18H24N6O3/c19-11-15-3-2-10-23(15)17(25)12-21-13-5-7-14(8-6-13)22-18-16(24(26)27)4-1-9-20-18/h1,4,9,13-15,21H,2-3,5-8,10,12H2,(H,20,22)/t13?,14?,15-/m0/s1. The number of nitrogens with one attached hydrogen (secondary N) is 2. The number of pyridine rings is 1. The zero-order valence-electron chi connectivity index (χ0n) is 15.1. The number of nitrogens with zero attached hydrogens (tertiary/aromatic N) is 4. The van der Waals surface area contributed by atoms with Crippen LogP contribution in [0.15, 0.2) is 18.3 Å². The first-order valence-corrected chi connectivity index (χ1v) is 9.37. The van der Waals surface area contributed by atoms with Gasteiger partial charge in [0.1, 0.15) is 6.04 Å². The number of carbonyl (C=O) groups excluding carboxylic acids is 1. The van der Waals surface area contributed by atoms with Crippen molar-refractivity contribution in [3.8, 4) is 6.07 Å². The molecule has 9 heteroatoms. The van der Waals surface area contributed by atoms with Gasteiger partial charge in [-0.15, -0.1) is 0 Å². The quantitative estimate of drug-likeness (QED) is 0.576. The number of rotatable bonds is 6. The predicted octanol–water partition coefficient (Wildman–Crippen LogP) is 1.82. The number of hydrogen-bond acceptors (Lipinski definition) is 7. The third-order valence-corrected chi connectivity index (χ3v) is 5.32. The average Bonchev–Trinajstić information content (AvgIpc) is 3.16. The first-order chi connectivity index (χ1) is 13.1. The largest absolute Gasteiger partial charge is 0.362 e. The van der Waals surface area contributed by atoms with Crippen LogP contribution in [0.3, 0.4) is 0 Å². The highest BCUT2D eigenvalue weighted by atomic mass is 16.6. The van der Waals surface area contributed by atoms with Crippen LogP contribution in [-0.2, 0) is 4.79 Å². The van der Waals surface area contributed by atoms with Crippen molar-refractivity contribution in [2.75, 3.05) is 18.4 Å². The molecule has 3 rings (SSSR count). The summed E-state index contributed by atoms with van der Waals surface area (Å²) < 4.78 is 0. The van der Waals surface area contributed by atoms with E-state index in [0.717, 1.165) is 38.5 Å². The van der Waals surface area contributed by atoms with E-state index in [-0.39, 0.29) is 36.3 Å². The Labute approximate surface area is 157 Å². The highest BCUT2D eigenvalue weighted by molar-refractivity contribution is 5.79. The fourth-order valence-corrected chi connectivity index (χ4v) is 3.82. The van der Waals surface area contributed by atoms with E-state index in [2.05, 4.69) is 21.7 Å². The Balaban J connectivity index is 1.44. The van der Waals surface area contributed by atoms with E-state index in [0.29, 0.717) is 12.4 Å². The van der Waals surface area contributed by atoms with Gasteiger partial charge in [-0.3, -0.25) is 14.9 Å². The van der Waals surface area contributed by atoms with Gasteiger partial charge in [-0.05, 0) is 44.6 Å². The normalized spacial score (nSPS) is 25.0. The summed E-state index contributed by atoms with van der Waals surface area (Å²) >= 11 is 0. The molecule has 144 valence electrons. The van der Waals surface area contributed by atoms with Crippen molar-refractivity contribution in [2.45, 2.75) is 56.7 Å². The Morgan fingerprint density at radius 3 is 2.78 bits per heavy atom. The number of likely N-dealkylation sites (tertiary alicyclic amines) is 1. The van der Waals surface area contributed by atoms with Gasteiger partial charge in [-0.2, -0.15) is 5.26 Å². The first kappa shape index (κ1) is 19.0. The summed E-state index contributed by atoms with van der Waals surface area (Å²) in [6.45, 7) is 0.922. The number of hydrogen-bond donors (Lipinski definition) is 2. The maximum absolute atomic E-state index is 12.3. The number of nitriles is 1. The van der Waals surface area contributed by atoms with E-state index in [9.17, 15) is 14.9 Å². The molecule has 1 aromatic rings. The molecule has 2 heterocycles. The summed E-state index contributed by atoms with van der Waals surface area (Å²) in [7, 11) is 0. The van der Waals surface area contributed by atoms with Gasteiger partial charge in [-0.25, -0.2) is 4.98 Å². The maximum atomic E-state index is 12.3. The molecule has 2 N–H and O–H groups in total. The molecule has 1 saturated heterocycles. The van der Waals surface area contributed by atoms with E-state index < -0.39 is 4.92 Å². The van der Waals surface area contributed by atoms with Crippen LogP contribution in [-0.4, -0.2) is 51.9 Å². The van der Waals surface area contributed by atoms with Gasteiger partial charge in [-0.1, -0.05) is 0 Å². The van der Waals surface area contributed by atoms with E-state index in [4.69, 9.17) is 5.26 Å². The monoisotopic (exact) mass is 372 g/mol. The van der Waals surface area contributed by atoms with Crippen LogP contribution in [0, 0.1) is 21.4 Å². The van der Waals surface area contributed by atoms with Crippen molar-refractivity contribution < 1.29 is 9.72 Å². The fourth-order valence-electron chi connectivity index (χ4n) is 3.82. The number of amides is 1. The fraction of sp³-hybridized carbons (Fsp3) is 0.611. The lowest BCUT2D eigenvalue weighted by molar-refractivity contribution is -0.384. The molecule has 27 heavy (non-hydrogen) atoms. The van der Waals surface area contributed by atoms with Crippen molar-refractivity contribution in [2.24, 2.45) is 0 Å². The number of anilines is 1. The summed E-state index contributed by atoms with van der Waals surface area (Å²) in [4.78, 5) is 28.7. The minimum absolute atomic E-state index is 0.0107. The van der Waals surface area contributed by atoms with Crippen molar-refractivity contribution in [1.29, 1.82) is 5.26 Å². The number of nitro groups is 1. The maximum Gasteiger partial charge on any atom is 0.311 e. The van der Waals surface area contributed by atoms with Gasteiger partial charge in [0.15, 0.2) is 0 Å². The lowest BCUT2D eigenvalue weighted by atomic mass is 9.91. The Bertz CT molecular complexity index is 726. The topological polar surface area (TPSA) is 124 Å². The van der Waals surface area contributed by atoms with Crippen molar-refractivity contribution in [1.82, 2.24) is 15.2 Å². The molecule has 0 aromatic carbocycles. The minimum Gasteiger partial charge on any atom is -0.362 e. The molecule has 1 aliphatic carbocycles. The SMILES string of the molecule is N#C[C@@H]1CCCN1C(=O)CNC1CCC(Nc2ncccc2[N+](=O)[O-])CC1. The molecule has 0 spiro atoms. The van der Waals surface area contributed by atoms with Crippen molar-refractivity contribution >= 4 is 17.4 Å². The van der Waals surface area contributed by atoms with Gasteiger partial charge < -0.3 is 15.5 Å². The highest BCUT2D eigenvalue weighted by Crippen LogP contribution is 2.26. The number of aromatic nitrogens is 1. The molecule has 2 aliphatic rings. The zero-order chi connectivity index (χ0) is 19.2. The molecule has 1 atom stereocenters. The summed E-state index contributed by atoms with van der Waals surface area (Å²) in [5.41, 5.74) is -0.0130. The molecular formula is C18H24N6O3. The van der Waals surface area contributed by atoms with Crippen LogP contribution in [0.4, 0.5) is 11.5 Å².